The topological polar surface area (TPSA) is 62.6 Å². The van der Waals surface area contributed by atoms with E-state index in [2.05, 4.69) is 21.2 Å². The number of anilines is 1. The third-order valence-corrected chi connectivity index (χ3v) is 5.33. The molecule has 3 aromatic rings. The lowest BCUT2D eigenvalue weighted by Gasteiger charge is -2.18. The molecule has 0 aliphatic rings. The number of nitrogens with zero attached hydrogens (tertiary/aromatic N) is 1. The van der Waals surface area contributed by atoms with Gasteiger partial charge < -0.3 is 9.73 Å². The van der Waals surface area contributed by atoms with Crippen molar-refractivity contribution >= 4 is 38.5 Å². The van der Waals surface area contributed by atoms with E-state index in [9.17, 15) is 9.59 Å². The number of rotatable bonds is 5. The number of carbonyl (C=O) groups excluding carboxylic acids is 1. The van der Waals surface area contributed by atoms with Crippen LogP contribution in [-0.2, 0) is 11.3 Å². The molecule has 0 radical (unpaired) electrons. The molecule has 0 bridgehead atoms. The maximum absolute atomic E-state index is 12.4. The highest BCUT2D eigenvalue weighted by atomic mass is 79.9. The van der Waals surface area contributed by atoms with Gasteiger partial charge in [-0.15, -0.1) is 0 Å². The Bertz CT molecular complexity index is 1100. The van der Waals surface area contributed by atoms with Crippen molar-refractivity contribution in [2.75, 3.05) is 18.9 Å². The molecule has 2 aromatic carbocycles. The molecule has 28 heavy (non-hydrogen) atoms. The van der Waals surface area contributed by atoms with Gasteiger partial charge in [0.2, 0.25) is 5.91 Å². The molecule has 0 unspecified atom stereocenters. The van der Waals surface area contributed by atoms with Crippen LogP contribution in [0.4, 0.5) is 5.69 Å². The van der Waals surface area contributed by atoms with Crippen LogP contribution in [-0.4, -0.2) is 24.4 Å². The van der Waals surface area contributed by atoms with Gasteiger partial charge in [-0.05, 0) is 68.3 Å². The quantitative estimate of drug-likeness (QED) is 0.588. The van der Waals surface area contributed by atoms with Gasteiger partial charge in [0.15, 0.2) is 0 Å². The van der Waals surface area contributed by atoms with Crippen LogP contribution in [0.25, 0.3) is 11.0 Å². The fraction of sp³-hybridized carbons (Fsp3) is 0.273. The number of amides is 1. The molecule has 1 amide bonds. The molecular formula is C22H23BrN2O3. The summed E-state index contributed by atoms with van der Waals surface area (Å²) < 4.78 is 6.39. The Hall–Kier alpha value is -2.44. The lowest BCUT2D eigenvalue weighted by Crippen LogP contribution is -2.30. The van der Waals surface area contributed by atoms with Gasteiger partial charge in [0.05, 0.1) is 6.54 Å². The number of fused-ring (bicyclic) bond motifs is 1. The number of halogens is 1. The Morgan fingerprint density at radius 2 is 1.86 bits per heavy atom. The second-order valence-electron chi connectivity index (χ2n) is 7.15. The normalized spacial score (nSPS) is 11.2. The zero-order chi connectivity index (χ0) is 20.4. The van der Waals surface area contributed by atoms with Gasteiger partial charge in [0.25, 0.3) is 0 Å². The molecule has 0 aliphatic heterocycles. The molecule has 1 aromatic heterocycles. The number of benzene rings is 2. The Morgan fingerprint density at radius 3 is 2.57 bits per heavy atom. The maximum Gasteiger partial charge on any atom is 0.336 e. The number of nitrogens with one attached hydrogen (secondary N) is 1. The third kappa shape index (κ3) is 4.51. The molecule has 1 heterocycles. The summed E-state index contributed by atoms with van der Waals surface area (Å²) in [4.78, 5) is 26.3. The highest BCUT2D eigenvalue weighted by Crippen LogP contribution is 2.24. The summed E-state index contributed by atoms with van der Waals surface area (Å²) in [5.74, 6) is -0.104. The summed E-state index contributed by atoms with van der Waals surface area (Å²) in [5, 5.41) is 3.84. The van der Waals surface area contributed by atoms with Crippen LogP contribution in [0.3, 0.4) is 0 Å². The van der Waals surface area contributed by atoms with Gasteiger partial charge in [-0.25, -0.2) is 4.79 Å². The van der Waals surface area contributed by atoms with Gasteiger partial charge in [-0.3, -0.25) is 9.69 Å². The average molecular weight is 443 g/mol. The Labute approximate surface area is 172 Å². The molecule has 0 saturated heterocycles. The Balaban J connectivity index is 1.76. The number of likely N-dealkylation sites (N-methyl/N-ethyl adjacent to an activating group) is 1. The molecule has 0 saturated carbocycles. The van der Waals surface area contributed by atoms with E-state index in [-0.39, 0.29) is 18.1 Å². The van der Waals surface area contributed by atoms with Crippen molar-refractivity contribution in [2.45, 2.75) is 27.3 Å². The average Bonchev–Trinajstić information content (AvgIpc) is 2.61. The number of carbonyl (C=O) groups is 1. The standard InChI is InChI=1S/C22H23BrN2O3/c1-13-5-7-18-16(10-21(27)28-22(18)15(13)3)11-25(4)12-20(26)24-19-8-6-17(23)9-14(19)2/h5-10H,11-12H2,1-4H3,(H,24,26). The molecule has 0 aliphatic carbocycles. The van der Waals surface area contributed by atoms with Crippen LogP contribution in [0.2, 0.25) is 0 Å². The van der Waals surface area contributed by atoms with Crippen molar-refractivity contribution in [1.29, 1.82) is 0 Å². The fourth-order valence-electron chi connectivity index (χ4n) is 3.20. The van der Waals surface area contributed by atoms with Crippen molar-refractivity contribution in [3.05, 3.63) is 73.5 Å². The summed E-state index contributed by atoms with van der Waals surface area (Å²) in [5.41, 5.74) is 4.91. The monoisotopic (exact) mass is 442 g/mol. The number of hydrogen-bond donors (Lipinski definition) is 1. The van der Waals surface area contributed by atoms with Crippen LogP contribution in [0.5, 0.6) is 0 Å². The van der Waals surface area contributed by atoms with E-state index < -0.39 is 0 Å². The van der Waals surface area contributed by atoms with Crippen molar-refractivity contribution in [3.8, 4) is 0 Å². The zero-order valence-electron chi connectivity index (χ0n) is 16.4. The molecular weight excluding hydrogens is 420 g/mol. The molecule has 146 valence electrons. The third-order valence-electron chi connectivity index (χ3n) is 4.83. The van der Waals surface area contributed by atoms with Crippen LogP contribution >= 0.6 is 15.9 Å². The largest absolute Gasteiger partial charge is 0.422 e. The van der Waals surface area contributed by atoms with Crippen LogP contribution in [0.15, 0.2) is 50.1 Å². The first-order chi connectivity index (χ1) is 13.2. The predicted molar refractivity (Wildman–Crippen MR) is 116 cm³/mol. The first-order valence-corrected chi connectivity index (χ1v) is 9.81. The van der Waals surface area contributed by atoms with Gasteiger partial charge in [0, 0.05) is 28.2 Å². The van der Waals surface area contributed by atoms with Gasteiger partial charge in [0.1, 0.15) is 5.58 Å². The first kappa shape index (κ1) is 20.3. The van der Waals surface area contributed by atoms with Gasteiger partial charge in [-0.1, -0.05) is 28.1 Å². The minimum Gasteiger partial charge on any atom is -0.422 e. The minimum atomic E-state index is -0.375. The van der Waals surface area contributed by atoms with E-state index in [4.69, 9.17) is 4.42 Å². The summed E-state index contributed by atoms with van der Waals surface area (Å²) >= 11 is 3.42. The summed E-state index contributed by atoms with van der Waals surface area (Å²) in [7, 11) is 1.86. The molecule has 0 atom stereocenters. The first-order valence-electron chi connectivity index (χ1n) is 9.02. The molecule has 5 nitrogen and oxygen atoms in total. The lowest BCUT2D eigenvalue weighted by atomic mass is 10.0. The SMILES string of the molecule is Cc1cc(Br)ccc1NC(=O)CN(C)Cc1cc(=O)oc2c(C)c(C)ccc12. The van der Waals surface area contributed by atoms with E-state index in [1.165, 1.54) is 6.07 Å². The van der Waals surface area contributed by atoms with E-state index in [0.29, 0.717) is 12.1 Å². The van der Waals surface area contributed by atoms with E-state index in [0.717, 1.165) is 37.8 Å². The Kier molecular flexibility index (Phi) is 6.01. The molecule has 3 rings (SSSR count). The van der Waals surface area contributed by atoms with E-state index >= 15 is 0 Å². The minimum absolute atomic E-state index is 0.104. The Morgan fingerprint density at radius 1 is 1.11 bits per heavy atom. The maximum atomic E-state index is 12.4. The highest BCUT2D eigenvalue weighted by molar-refractivity contribution is 9.10. The molecule has 0 spiro atoms. The molecule has 6 heteroatoms. The van der Waals surface area contributed by atoms with E-state index in [1.807, 2.05) is 63.1 Å². The van der Waals surface area contributed by atoms with Crippen LogP contribution in [0, 0.1) is 20.8 Å². The molecule has 1 N–H and O–H groups in total. The van der Waals surface area contributed by atoms with Crippen molar-refractivity contribution < 1.29 is 9.21 Å². The zero-order valence-corrected chi connectivity index (χ0v) is 18.0. The number of aryl methyl sites for hydroxylation is 3. The van der Waals surface area contributed by atoms with Crippen molar-refractivity contribution in [2.24, 2.45) is 0 Å². The highest BCUT2D eigenvalue weighted by Gasteiger charge is 2.13. The summed E-state index contributed by atoms with van der Waals surface area (Å²) in [6.45, 7) is 6.56. The second-order valence-corrected chi connectivity index (χ2v) is 8.07. The number of hydrogen-bond acceptors (Lipinski definition) is 4. The van der Waals surface area contributed by atoms with E-state index in [1.54, 1.807) is 0 Å². The summed E-state index contributed by atoms with van der Waals surface area (Å²) in [6, 6.07) is 11.2. The van der Waals surface area contributed by atoms with Crippen molar-refractivity contribution in [1.82, 2.24) is 4.90 Å². The summed E-state index contributed by atoms with van der Waals surface area (Å²) in [6.07, 6.45) is 0. The smallest absolute Gasteiger partial charge is 0.336 e. The fourth-order valence-corrected chi connectivity index (χ4v) is 3.68. The van der Waals surface area contributed by atoms with Crippen molar-refractivity contribution in [3.63, 3.8) is 0 Å². The van der Waals surface area contributed by atoms with Crippen LogP contribution < -0.4 is 10.9 Å². The second kappa shape index (κ2) is 8.29. The van der Waals surface area contributed by atoms with Crippen LogP contribution in [0.1, 0.15) is 22.3 Å². The predicted octanol–water partition coefficient (Wildman–Crippen LogP) is 4.55. The lowest BCUT2D eigenvalue weighted by molar-refractivity contribution is -0.117. The van der Waals surface area contributed by atoms with Gasteiger partial charge in [-0.2, -0.15) is 0 Å². The van der Waals surface area contributed by atoms with Gasteiger partial charge >= 0.3 is 5.63 Å². The molecule has 0 fully saturated rings.